The highest BCUT2D eigenvalue weighted by Crippen LogP contribution is 2.44. The first kappa shape index (κ1) is 13.6. The van der Waals surface area contributed by atoms with E-state index < -0.39 is 0 Å². The highest BCUT2D eigenvalue weighted by molar-refractivity contribution is 5.81. The first-order chi connectivity index (χ1) is 8.44. The first-order valence-electron chi connectivity index (χ1n) is 7.08. The van der Waals surface area contributed by atoms with E-state index >= 15 is 0 Å². The van der Waals surface area contributed by atoms with Gasteiger partial charge in [0.25, 0.3) is 0 Å². The maximum absolute atomic E-state index is 11.7. The van der Waals surface area contributed by atoms with Gasteiger partial charge in [0.2, 0.25) is 5.91 Å². The van der Waals surface area contributed by atoms with Crippen molar-refractivity contribution in [2.24, 2.45) is 23.2 Å². The molecule has 0 aromatic carbocycles. The molecule has 1 saturated carbocycles. The molecule has 1 amide bonds. The van der Waals surface area contributed by atoms with E-state index in [0.29, 0.717) is 6.04 Å². The largest absolute Gasteiger partial charge is 0.359 e. The van der Waals surface area contributed by atoms with Crippen LogP contribution in [0.1, 0.15) is 33.6 Å². The number of carbonyl (C=O) groups is 1. The molecule has 0 aliphatic heterocycles. The fourth-order valence-corrected chi connectivity index (χ4v) is 3.38. The minimum Gasteiger partial charge on any atom is -0.359 e. The molecule has 2 N–H and O–H groups in total. The van der Waals surface area contributed by atoms with E-state index in [0.717, 1.165) is 24.3 Å². The molecule has 2 rings (SSSR count). The van der Waals surface area contributed by atoms with Crippen molar-refractivity contribution < 1.29 is 4.79 Å². The van der Waals surface area contributed by atoms with Gasteiger partial charge in [0.05, 0.1) is 5.41 Å². The monoisotopic (exact) mass is 250 g/mol. The van der Waals surface area contributed by atoms with E-state index in [1.807, 2.05) is 13.8 Å². The molecule has 4 atom stereocenters. The Morgan fingerprint density at radius 2 is 2.11 bits per heavy atom. The number of nitrogens with one attached hydrogen (secondary N) is 2. The molecule has 102 valence electrons. The Morgan fingerprint density at radius 1 is 1.39 bits per heavy atom. The summed E-state index contributed by atoms with van der Waals surface area (Å²) in [6.45, 7) is 6.99. The third-order valence-corrected chi connectivity index (χ3v) is 4.68. The number of hydrogen-bond donors (Lipinski definition) is 2. The summed E-state index contributed by atoms with van der Waals surface area (Å²) in [6.07, 6.45) is 7.43. The Morgan fingerprint density at radius 3 is 2.61 bits per heavy atom. The zero-order valence-electron chi connectivity index (χ0n) is 12.0. The van der Waals surface area contributed by atoms with Crippen molar-refractivity contribution in [2.75, 3.05) is 13.6 Å². The average molecular weight is 250 g/mol. The van der Waals surface area contributed by atoms with Crippen LogP contribution in [0.25, 0.3) is 0 Å². The molecule has 2 aliphatic rings. The smallest absolute Gasteiger partial charge is 0.226 e. The van der Waals surface area contributed by atoms with Crippen LogP contribution in [0.3, 0.4) is 0 Å². The molecule has 3 heteroatoms. The molecule has 0 saturated heterocycles. The van der Waals surface area contributed by atoms with Gasteiger partial charge >= 0.3 is 0 Å². The second-order valence-electron chi connectivity index (χ2n) is 6.58. The Labute approximate surface area is 110 Å². The Kier molecular flexibility index (Phi) is 3.81. The topological polar surface area (TPSA) is 41.1 Å². The predicted octanol–water partition coefficient (Wildman–Crippen LogP) is 1.95. The number of amides is 1. The molecule has 0 heterocycles. The standard InChI is InChI=1S/C15H26N2O/c1-10(13-8-11-5-6-12(13)7-11)17-9-15(2,3)14(18)16-4/h5-6,10-13,17H,7-9H2,1-4H3,(H,16,18). The second-order valence-corrected chi connectivity index (χ2v) is 6.58. The third kappa shape index (κ3) is 2.61. The highest BCUT2D eigenvalue weighted by Gasteiger charge is 2.39. The molecule has 4 unspecified atom stereocenters. The molecular formula is C15H26N2O. The quantitative estimate of drug-likeness (QED) is 0.732. The van der Waals surface area contributed by atoms with E-state index in [-0.39, 0.29) is 11.3 Å². The van der Waals surface area contributed by atoms with Crippen LogP contribution in [0.5, 0.6) is 0 Å². The summed E-state index contributed by atoms with van der Waals surface area (Å²) in [6, 6.07) is 0.494. The van der Waals surface area contributed by atoms with Gasteiger partial charge in [0, 0.05) is 19.6 Å². The van der Waals surface area contributed by atoms with Crippen LogP contribution in [0.15, 0.2) is 12.2 Å². The highest BCUT2D eigenvalue weighted by atomic mass is 16.2. The molecular weight excluding hydrogens is 224 g/mol. The van der Waals surface area contributed by atoms with E-state index in [1.54, 1.807) is 7.05 Å². The summed E-state index contributed by atoms with van der Waals surface area (Å²) in [4.78, 5) is 11.7. The van der Waals surface area contributed by atoms with Crippen LogP contribution < -0.4 is 10.6 Å². The van der Waals surface area contributed by atoms with Crippen molar-refractivity contribution in [3.63, 3.8) is 0 Å². The van der Waals surface area contributed by atoms with Crippen molar-refractivity contribution in [3.8, 4) is 0 Å². The van der Waals surface area contributed by atoms with E-state index in [9.17, 15) is 4.79 Å². The zero-order chi connectivity index (χ0) is 13.3. The molecule has 0 spiro atoms. The first-order valence-corrected chi connectivity index (χ1v) is 7.08. The van der Waals surface area contributed by atoms with Crippen molar-refractivity contribution in [1.82, 2.24) is 10.6 Å². The minimum absolute atomic E-state index is 0.107. The van der Waals surface area contributed by atoms with Crippen molar-refractivity contribution in [3.05, 3.63) is 12.2 Å². The molecule has 2 aliphatic carbocycles. The van der Waals surface area contributed by atoms with Gasteiger partial charge in [-0.05, 0) is 51.4 Å². The maximum atomic E-state index is 11.7. The molecule has 2 bridgehead atoms. The number of carbonyl (C=O) groups excluding carboxylic acids is 1. The van der Waals surface area contributed by atoms with Gasteiger partial charge in [-0.25, -0.2) is 0 Å². The van der Waals surface area contributed by atoms with Crippen molar-refractivity contribution in [2.45, 2.75) is 39.7 Å². The van der Waals surface area contributed by atoms with Gasteiger partial charge < -0.3 is 10.6 Å². The van der Waals surface area contributed by atoms with Crippen LogP contribution in [-0.4, -0.2) is 25.5 Å². The summed E-state index contributed by atoms with van der Waals surface area (Å²) in [5.74, 6) is 2.44. The maximum Gasteiger partial charge on any atom is 0.226 e. The Bertz CT molecular complexity index is 348. The Balaban J connectivity index is 1.83. The van der Waals surface area contributed by atoms with Gasteiger partial charge in [-0.3, -0.25) is 4.79 Å². The lowest BCUT2D eigenvalue weighted by molar-refractivity contribution is -0.128. The van der Waals surface area contributed by atoms with E-state index in [2.05, 4.69) is 29.7 Å². The Hall–Kier alpha value is -0.830. The summed E-state index contributed by atoms with van der Waals surface area (Å²) >= 11 is 0. The number of allylic oxidation sites excluding steroid dienone is 2. The van der Waals surface area contributed by atoms with Gasteiger partial charge in [0.15, 0.2) is 0 Å². The minimum atomic E-state index is -0.337. The third-order valence-electron chi connectivity index (χ3n) is 4.68. The van der Waals surface area contributed by atoms with Crippen LogP contribution in [-0.2, 0) is 4.79 Å². The SMILES string of the molecule is CNC(=O)C(C)(C)CNC(C)C1CC2C=CC1C2. The summed E-state index contributed by atoms with van der Waals surface area (Å²) in [5.41, 5.74) is -0.337. The van der Waals surface area contributed by atoms with Crippen LogP contribution in [0.2, 0.25) is 0 Å². The van der Waals surface area contributed by atoms with Gasteiger partial charge in [-0.15, -0.1) is 0 Å². The van der Waals surface area contributed by atoms with Gasteiger partial charge in [-0.1, -0.05) is 12.2 Å². The normalized spacial score (nSPS) is 31.7. The molecule has 0 aromatic heterocycles. The van der Waals surface area contributed by atoms with Crippen molar-refractivity contribution >= 4 is 5.91 Å². The van der Waals surface area contributed by atoms with E-state index in [1.165, 1.54) is 12.8 Å². The molecule has 1 fully saturated rings. The summed E-state index contributed by atoms with van der Waals surface area (Å²) in [7, 11) is 1.70. The number of hydrogen-bond acceptors (Lipinski definition) is 2. The zero-order valence-corrected chi connectivity index (χ0v) is 12.0. The summed E-state index contributed by atoms with van der Waals surface area (Å²) < 4.78 is 0. The molecule has 18 heavy (non-hydrogen) atoms. The predicted molar refractivity (Wildman–Crippen MR) is 74.2 cm³/mol. The fraction of sp³-hybridized carbons (Fsp3) is 0.800. The van der Waals surface area contributed by atoms with Crippen LogP contribution in [0, 0.1) is 23.2 Å². The number of rotatable bonds is 5. The second kappa shape index (κ2) is 5.04. The van der Waals surface area contributed by atoms with Crippen LogP contribution in [0.4, 0.5) is 0 Å². The number of fused-ring (bicyclic) bond motifs is 2. The average Bonchev–Trinajstić information content (AvgIpc) is 2.97. The van der Waals surface area contributed by atoms with Gasteiger partial charge in [0.1, 0.15) is 0 Å². The fourth-order valence-electron chi connectivity index (χ4n) is 3.38. The van der Waals surface area contributed by atoms with Crippen LogP contribution >= 0.6 is 0 Å². The van der Waals surface area contributed by atoms with Gasteiger partial charge in [-0.2, -0.15) is 0 Å². The van der Waals surface area contributed by atoms with Crippen molar-refractivity contribution in [1.29, 1.82) is 0 Å². The molecule has 0 radical (unpaired) electrons. The summed E-state index contributed by atoms with van der Waals surface area (Å²) in [5, 5.41) is 6.31. The lowest BCUT2D eigenvalue weighted by atomic mass is 9.86. The molecule has 0 aromatic rings. The molecule has 3 nitrogen and oxygen atoms in total. The van der Waals surface area contributed by atoms with E-state index in [4.69, 9.17) is 0 Å². The lowest BCUT2D eigenvalue weighted by Crippen LogP contribution is -2.46. The lowest BCUT2D eigenvalue weighted by Gasteiger charge is -2.30.